The third-order valence-electron chi connectivity index (χ3n) is 3.07. The maximum Gasteiger partial charge on any atom is 0.208 e. The molecule has 2 heterocycles. The Morgan fingerprint density at radius 1 is 1.23 bits per heavy atom. The first-order chi connectivity index (χ1) is 10.5. The molecule has 0 saturated heterocycles. The molecule has 0 aliphatic rings. The van der Waals surface area contributed by atoms with Gasteiger partial charge in [0.1, 0.15) is 0 Å². The fourth-order valence-electron chi connectivity index (χ4n) is 2.11. The fourth-order valence-corrected chi connectivity index (χ4v) is 2.63. The molecule has 0 aliphatic carbocycles. The van der Waals surface area contributed by atoms with Gasteiger partial charge in [-0.25, -0.2) is 13.1 Å². The van der Waals surface area contributed by atoms with Gasteiger partial charge in [0.25, 0.3) is 0 Å². The van der Waals surface area contributed by atoms with Crippen LogP contribution in [0.5, 0.6) is 0 Å². The summed E-state index contributed by atoms with van der Waals surface area (Å²) in [5.74, 6) is 0. The molecule has 120 valence electrons. The minimum atomic E-state index is -3.10. The summed E-state index contributed by atoms with van der Waals surface area (Å²) in [4.78, 5) is 4.02. The van der Waals surface area contributed by atoms with Crippen molar-refractivity contribution in [2.24, 2.45) is 7.05 Å². The zero-order valence-electron chi connectivity index (χ0n) is 12.8. The molecule has 22 heavy (non-hydrogen) atoms. The van der Waals surface area contributed by atoms with E-state index in [1.54, 1.807) is 17.1 Å². The fraction of sp³-hybridized carbons (Fsp3) is 0.429. The maximum atomic E-state index is 10.9. The number of nitrogens with zero attached hydrogens (tertiary/aromatic N) is 3. The lowest BCUT2D eigenvalue weighted by molar-refractivity contribution is 0.579. The van der Waals surface area contributed by atoms with Crippen LogP contribution in [0.25, 0.3) is 11.3 Å². The maximum absolute atomic E-state index is 10.9. The van der Waals surface area contributed by atoms with Crippen molar-refractivity contribution in [3.8, 4) is 11.3 Å². The highest BCUT2D eigenvalue weighted by molar-refractivity contribution is 7.88. The molecule has 2 N–H and O–H groups in total. The first-order valence-corrected chi connectivity index (χ1v) is 8.93. The standard InChI is InChI=1S/C14H21N5O2S/c1-19-11-13(10-16-6-3-7-17-22(2,20)21)14(18-19)12-4-8-15-9-5-12/h4-5,8-9,11,16-17H,3,6-7,10H2,1-2H3. The van der Waals surface area contributed by atoms with Gasteiger partial charge in [-0.2, -0.15) is 5.10 Å². The smallest absolute Gasteiger partial charge is 0.208 e. The van der Waals surface area contributed by atoms with Gasteiger partial charge in [-0.15, -0.1) is 0 Å². The summed E-state index contributed by atoms with van der Waals surface area (Å²) in [5.41, 5.74) is 3.07. The van der Waals surface area contributed by atoms with Gasteiger partial charge in [-0.05, 0) is 25.1 Å². The summed E-state index contributed by atoms with van der Waals surface area (Å²) in [6, 6.07) is 3.86. The molecule has 0 bridgehead atoms. The van der Waals surface area contributed by atoms with Crippen molar-refractivity contribution in [3.05, 3.63) is 36.3 Å². The minimum absolute atomic E-state index is 0.441. The van der Waals surface area contributed by atoms with E-state index in [1.165, 1.54) is 0 Å². The molecule has 2 aromatic rings. The van der Waals surface area contributed by atoms with Crippen LogP contribution in [0.15, 0.2) is 30.7 Å². The van der Waals surface area contributed by atoms with Crippen LogP contribution in [0.3, 0.4) is 0 Å². The summed E-state index contributed by atoms with van der Waals surface area (Å²) < 4.78 is 26.1. The number of nitrogens with one attached hydrogen (secondary N) is 2. The molecular weight excluding hydrogens is 302 g/mol. The quantitative estimate of drug-likeness (QED) is 0.691. The molecule has 7 nitrogen and oxygen atoms in total. The van der Waals surface area contributed by atoms with E-state index < -0.39 is 10.0 Å². The Morgan fingerprint density at radius 3 is 2.64 bits per heavy atom. The number of rotatable bonds is 8. The number of sulfonamides is 1. The van der Waals surface area contributed by atoms with Crippen molar-refractivity contribution in [3.63, 3.8) is 0 Å². The Morgan fingerprint density at radius 2 is 1.95 bits per heavy atom. The molecule has 0 amide bonds. The van der Waals surface area contributed by atoms with Gasteiger partial charge in [0.2, 0.25) is 10.0 Å². The lowest BCUT2D eigenvalue weighted by Gasteiger charge is -2.06. The molecule has 0 fully saturated rings. The van der Waals surface area contributed by atoms with E-state index in [0.717, 1.165) is 36.0 Å². The lowest BCUT2D eigenvalue weighted by atomic mass is 10.1. The molecule has 0 atom stereocenters. The van der Waals surface area contributed by atoms with E-state index in [0.29, 0.717) is 13.1 Å². The van der Waals surface area contributed by atoms with Crippen LogP contribution < -0.4 is 10.0 Å². The summed E-state index contributed by atoms with van der Waals surface area (Å²) in [6.07, 6.45) is 7.38. The second kappa shape index (κ2) is 7.48. The zero-order chi connectivity index (χ0) is 16.0. The molecule has 0 spiro atoms. The Balaban J connectivity index is 1.86. The van der Waals surface area contributed by atoms with Gasteiger partial charge < -0.3 is 5.32 Å². The monoisotopic (exact) mass is 323 g/mol. The molecule has 0 aliphatic heterocycles. The van der Waals surface area contributed by atoms with Crippen molar-refractivity contribution in [2.45, 2.75) is 13.0 Å². The Kier molecular flexibility index (Phi) is 5.64. The van der Waals surface area contributed by atoms with Crippen LogP contribution in [0.1, 0.15) is 12.0 Å². The van der Waals surface area contributed by atoms with E-state index in [4.69, 9.17) is 0 Å². The Labute approximate surface area is 130 Å². The lowest BCUT2D eigenvalue weighted by Crippen LogP contribution is -2.26. The van der Waals surface area contributed by atoms with Crippen LogP contribution in [0.4, 0.5) is 0 Å². The topological polar surface area (TPSA) is 88.9 Å². The normalized spacial score (nSPS) is 11.7. The largest absolute Gasteiger partial charge is 0.312 e. The van der Waals surface area contributed by atoms with Gasteiger partial charge in [-0.3, -0.25) is 9.67 Å². The highest BCUT2D eigenvalue weighted by Gasteiger charge is 2.09. The Bertz CT molecular complexity index is 697. The molecule has 8 heteroatoms. The first-order valence-electron chi connectivity index (χ1n) is 7.04. The predicted molar refractivity (Wildman–Crippen MR) is 85.6 cm³/mol. The van der Waals surface area contributed by atoms with E-state index in [-0.39, 0.29) is 0 Å². The van der Waals surface area contributed by atoms with Crippen molar-refractivity contribution >= 4 is 10.0 Å². The van der Waals surface area contributed by atoms with Crippen LogP contribution >= 0.6 is 0 Å². The summed E-state index contributed by atoms with van der Waals surface area (Å²) in [7, 11) is -1.21. The predicted octanol–water partition coefficient (Wildman–Crippen LogP) is 0.511. The summed E-state index contributed by atoms with van der Waals surface area (Å²) in [6.45, 7) is 1.85. The molecule has 0 unspecified atom stereocenters. The Hall–Kier alpha value is -1.77. The van der Waals surface area contributed by atoms with Crippen LogP contribution in [-0.4, -0.2) is 42.5 Å². The number of hydrogen-bond acceptors (Lipinski definition) is 5. The molecular formula is C14H21N5O2S. The van der Waals surface area contributed by atoms with E-state index in [1.807, 2.05) is 25.4 Å². The minimum Gasteiger partial charge on any atom is -0.312 e. The van der Waals surface area contributed by atoms with Crippen LogP contribution in [0.2, 0.25) is 0 Å². The van der Waals surface area contributed by atoms with Gasteiger partial charge in [0.15, 0.2) is 0 Å². The van der Waals surface area contributed by atoms with Crippen LogP contribution in [-0.2, 0) is 23.6 Å². The molecule has 0 aromatic carbocycles. The summed E-state index contributed by atoms with van der Waals surface area (Å²) >= 11 is 0. The number of hydrogen-bond donors (Lipinski definition) is 2. The second-order valence-electron chi connectivity index (χ2n) is 5.11. The average Bonchev–Trinajstić information content (AvgIpc) is 2.83. The van der Waals surface area contributed by atoms with Gasteiger partial charge in [0, 0.05) is 49.9 Å². The van der Waals surface area contributed by atoms with Crippen molar-refractivity contribution < 1.29 is 8.42 Å². The number of aryl methyl sites for hydroxylation is 1. The zero-order valence-corrected chi connectivity index (χ0v) is 13.6. The summed E-state index contributed by atoms with van der Waals surface area (Å²) in [5, 5.41) is 7.79. The first kappa shape index (κ1) is 16.6. The molecule has 0 radical (unpaired) electrons. The third kappa shape index (κ3) is 5.21. The van der Waals surface area contributed by atoms with Gasteiger partial charge >= 0.3 is 0 Å². The highest BCUT2D eigenvalue weighted by atomic mass is 32.2. The van der Waals surface area contributed by atoms with Crippen molar-refractivity contribution in [1.29, 1.82) is 0 Å². The number of pyridine rings is 1. The van der Waals surface area contributed by atoms with Gasteiger partial charge in [0.05, 0.1) is 11.9 Å². The van der Waals surface area contributed by atoms with Crippen molar-refractivity contribution in [2.75, 3.05) is 19.3 Å². The van der Waals surface area contributed by atoms with Crippen LogP contribution in [0, 0.1) is 0 Å². The van der Waals surface area contributed by atoms with E-state index in [2.05, 4.69) is 20.1 Å². The number of aromatic nitrogens is 3. The average molecular weight is 323 g/mol. The SMILES string of the molecule is Cn1cc(CNCCCNS(C)(=O)=O)c(-c2ccncc2)n1. The van der Waals surface area contributed by atoms with E-state index in [9.17, 15) is 8.42 Å². The van der Waals surface area contributed by atoms with Gasteiger partial charge in [-0.1, -0.05) is 0 Å². The second-order valence-corrected chi connectivity index (χ2v) is 6.94. The molecule has 0 saturated carbocycles. The van der Waals surface area contributed by atoms with E-state index >= 15 is 0 Å². The highest BCUT2D eigenvalue weighted by Crippen LogP contribution is 2.20. The van der Waals surface area contributed by atoms with Crippen molar-refractivity contribution in [1.82, 2.24) is 24.8 Å². The molecule has 2 rings (SSSR count). The third-order valence-corrected chi connectivity index (χ3v) is 3.80. The molecule has 2 aromatic heterocycles.